The van der Waals surface area contributed by atoms with Gasteiger partial charge in [-0.2, -0.15) is 10.4 Å². The van der Waals surface area contributed by atoms with Crippen LogP contribution in [0.2, 0.25) is 0 Å². The summed E-state index contributed by atoms with van der Waals surface area (Å²) in [6.07, 6.45) is 4.00. The number of nitrogens with zero attached hydrogens (tertiary/aromatic N) is 5. The van der Waals surface area contributed by atoms with Crippen LogP contribution in [0.3, 0.4) is 0 Å². The van der Waals surface area contributed by atoms with Gasteiger partial charge in [-0.25, -0.2) is 0 Å². The maximum atomic E-state index is 9.33. The first kappa shape index (κ1) is 20.7. The predicted molar refractivity (Wildman–Crippen MR) is 129 cm³/mol. The molecule has 0 saturated carbocycles. The van der Waals surface area contributed by atoms with Gasteiger partial charge in [0.2, 0.25) is 0 Å². The number of hydrogen-bond donors (Lipinski definition) is 1. The highest BCUT2D eigenvalue weighted by Gasteiger charge is 2.29. The van der Waals surface area contributed by atoms with Crippen LogP contribution in [-0.2, 0) is 6.54 Å². The van der Waals surface area contributed by atoms with E-state index in [1.54, 1.807) is 0 Å². The summed E-state index contributed by atoms with van der Waals surface area (Å²) in [5.74, 6) is 0.797. The van der Waals surface area contributed by atoms with Gasteiger partial charge < -0.3 is 10.2 Å². The maximum absolute atomic E-state index is 9.33. The molecule has 3 heterocycles. The van der Waals surface area contributed by atoms with E-state index in [0.717, 1.165) is 53.0 Å². The zero-order valence-electron chi connectivity index (χ0n) is 18.9. The number of rotatable bonds is 4. The average Bonchev–Trinajstić information content (AvgIpc) is 2.84. The minimum atomic E-state index is 0.610. The van der Waals surface area contributed by atoms with Crippen LogP contribution in [0.1, 0.15) is 41.6 Å². The number of piperidine rings is 1. The molecule has 0 radical (unpaired) electrons. The Morgan fingerprint density at radius 2 is 1.97 bits per heavy atom. The van der Waals surface area contributed by atoms with Crippen molar-refractivity contribution < 1.29 is 0 Å². The topological polar surface area (TPSA) is 68.1 Å². The van der Waals surface area contributed by atoms with E-state index in [1.165, 1.54) is 31.5 Å². The quantitative estimate of drug-likeness (QED) is 0.667. The lowest BCUT2D eigenvalue weighted by atomic mass is 9.99. The zero-order valence-corrected chi connectivity index (χ0v) is 18.9. The standard InChI is InChI=1S/C26H30N6/c1-18-20(15-27)6-5-7-21(18)16-28-26-25-14-22(9-10-24(25)19(2)29-30-26)32-13-12-31-11-4-3-8-23(31)17-32/h5-7,9-10,14,23H,3-4,8,11-13,16-17H2,1-2H3,(H,28,30). The van der Waals surface area contributed by atoms with Gasteiger partial charge in [0, 0.05) is 48.7 Å². The van der Waals surface area contributed by atoms with Crippen molar-refractivity contribution in [3.05, 3.63) is 58.8 Å². The number of nitrogens with one attached hydrogen (secondary N) is 1. The molecule has 2 aliphatic rings. The summed E-state index contributed by atoms with van der Waals surface area (Å²) in [6.45, 7) is 9.20. The molecule has 2 aromatic carbocycles. The Balaban J connectivity index is 1.42. The zero-order chi connectivity index (χ0) is 22.1. The van der Waals surface area contributed by atoms with Gasteiger partial charge in [0.1, 0.15) is 0 Å². The maximum Gasteiger partial charge on any atom is 0.156 e. The third-order valence-electron chi connectivity index (χ3n) is 7.16. The molecule has 0 spiro atoms. The molecule has 1 atom stereocenters. The minimum absolute atomic E-state index is 0.610. The highest BCUT2D eigenvalue weighted by atomic mass is 15.3. The fraction of sp³-hybridized carbons (Fsp3) is 0.423. The molecule has 2 saturated heterocycles. The van der Waals surface area contributed by atoms with E-state index in [-0.39, 0.29) is 0 Å². The highest BCUT2D eigenvalue weighted by Crippen LogP contribution is 2.31. The Morgan fingerprint density at radius 3 is 2.84 bits per heavy atom. The number of aryl methyl sites for hydroxylation is 1. The Labute approximate surface area is 189 Å². The summed E-state index contributed by atoms with van der Waals surface area (Å²) in [5, 5.41) is 23.9. The van der Waals surface area contributed by atoms with E-state index >= 15 is 0 Å². The van der Waals surface area contributed by atoms with Gasteiger partial charge in [-0.05, 0) is 62.6 Å². The third kappa shape index (κ3) is 3.89. The first-order valence-electron chi connectivity index (χ1n) is 11.6. The van der Waals surface area contributed by atoms with Gasteiger partial charge >= 0.3 is 0 Å². The van der Waals surface area contributed by atoms with E-state index in [1.807, 2.05) is 26.0 Å². The number of piperazine rings is 1. The molecule has 2 fully saturated rings. The van der Waals surface area contributed by atoms with Gasteiger partial charge in [0.05, 0.1) is 17.3 Å². The lowest BCUT2D eigenvalue weighted by Gasteiger charge is -2.45. The number of benzene rings is 2. The van der Waals surface area contributed by atoms with Crippen molar-refractivity contribution in [2.24, 2.45) is 0 Å². The second-order valence-electron chi connectivity index (χ2n) is 9.05. The van der Waals surface area contributed by atoms with Crippen LogP contribution >= 0.6 is 0 Å². The van der Waals surface area contributed by atoms with Crippen LogP contribution in [0.4, 0.5) is 11.5 Å². The minimum Gasteiger partial charge on any atom is -0.369 e. The number of aromatic nitrogens is 2. The van der Waals surface area contributed by atoms with E-state index in [2.05, 4.69) is 55.6 Å². The third-order valence-corrected chi connectivity index (χ3v) is 7.16. The number of fused-ring (bicyclic) bond motifs is 2. The van der Waals surface area contributed by atoms with Crippen molar-refractivity contribution in [1.82, 2.24) is 15.1 Å². The molecule has 1 aromatic heterocycles. The molecule has 32 heavy (non-hydrogen) atoms. The largest absolute Gasteiger partial charge is 0.369 e. The van der Waals surface area contributed by atoms with Crippen LogP contribution in [-0.4, -0.2) is 47.3 Å². The second kappa shape index (κ2) is 8.76. The summed E-state index contributed by atoms with van der Waals surface area (Å²) >= 11 is 0. The van der Waals surface area contributed by atoms with Crippen molar-refractivity contribution in [2.75, 3.05) is 36.4 Å². The van der Waals surface area contributed by atoms with E-state index in [0.29, 0.717) is 18.2 Å². The van der Waals surface area contributed by atoms with Crippen molar-refractivity contribution >= 4 is 22.3 Å². The van der Waals surface area contributed by atoms with Crippen LogP contribution < -0.4 is 10.2 Å². The van der Waals surface area contributed by atoms with Gasteiger partial charge in [0.25, 0.3) is 0 Å². The summed E-state index contributed by atoms with van der Waals surface area (Å²) in [6, 6.07) is 15.5. The molecule has 164 valence electrons. The van der Waals surface area contributed by atoms with E-state index < -0.39 is 0 Å². The van der Waals surface area contributed by atoms with Gasteiger partial charge in [-0.1, -0.05) is 24.6 Å². The van der Waals surface area contributed by atoms with Crippen molar-refractivity contribution in [1.29, 1.82) is 5.26 Å². The number of nitriles is 1. The Bertz CT molecular complexity index is 1180. The average molecular weight is 427 g/mol. The molecular formula is C26H30N6. The summed E-state index contributed by atoms with van der Waals surface area (Å²) < 4.78 is 0. The molecular weight excluding hydrogens is 396 g/mol. The number of anilines is 2. The molecule has 1 N–H and O–H groups in total. The van der Waals surface area contributed by atoms with Crippen LogP contribution in [0, 0.1) is 25.2 Å². The molecule has 1 unspecified atom stereocenters. The second-order valence-corrected chi connectivity index (χ2v) is 9.05. The van der Waals surface area contributed by atoms with Crippen molar-refractivity contribution in [3.8, 4) is 6.07 Å². The lowest BCUT2D eigenvalue weighted by molar-refractivity contribution is 0.133. The molecule has 6 nitrogen and oxygen atoms in total. The monoisotopic (exact) mass is 426 g/mol. The van der Waals surface area contributed by atoms with Crippen molar-refractivity contribution in [2.45, 2.75) is 45.7 Å². The van der Waals surface area contributed by atoms with E-state index in [4.69, 9.17) is 0 Å². The predicted octanol–water partition coefficient (Wildman–Crippen LogP) is 4.40. The van der Waals surface area contributed by atoms with Crippen LogP contribution in [0.25, 0.3) is 10.8 Å². The van der Waals surface area contributed by atoms with Crippen molar-refractivity contribution in [3.63, 3.8) is 0 Å². The fourth-order valence-corrected chi connectivity index (χ4v) is 5.17. The van der Waals surface area contributed by atoms with Gasteiger partial charge in [-0.3, -0.25) is 4.90 Å². The number of hydrogen-bond acceptors (Lipinski definition) is 6. The molecule has 0 amide bonds. The first-order chi connectivity index (χ1) is 15.6. The normalized spacial score (nSPS) is 18.9. The molecule has 0 bridgehead atoms. The first-order valence-corrected chi connectivity index (χ1v) is 11.6. The van der Waals surface area contributed by atoms with Crippen LogP contribution in [0.5, 0.6) is 0 Å². The van der Waals surface area contributed by atoms with Gasteiger partial charge in [-0.15, -0.1) is 5.10 Å². The lowest BCUT2D eigenvalue weighted by Crippen LogP contribution is -2.54. The summed E-state index contributed by atoms with van der Waals surface area (Å²) in [4.78, 5) is 5.20. The Kier molecular flexibility index (Phi) is 5.67. The molecule has 3 aromatic rings. The Morgan fingerprint density at radius 1 is 1.06 bits per heavy atom. The molecule has 0 aliphatic carbocycles. The van der Waals surface area contributed by atoms with Gasteiger partial charge in [0.15, 0.2) is 5.82 Å². The molecule has 5 rings (SSSR count). The highest BCUT2D eigenvalue weighted by molar-refractivity contribution is 5.95. The molecule has 6 heteroatoms. The van der Waals surface area contributed by atoms with E-state index in [9.17, 15) is 5.26 Å². The fourth-order valence-electron chi connectivity index (χ4n) is 5.17. The summed E-state index contributed by atoms with van der Waals surface area (Å²) in [5.41, 5.74) is 5.04. The Hall–Kier alpha value is -3.17. The molecule has 2 aliphatic heterocycles. The smallest absolute Gasteiger partial charge is 0.156 e. The SMILES string of the molecule is Cc1c(C#N)cccc1CNc1nnc(C)c2ccc(N3CCN4CCCCC4C3)cc12. The summed E-state index contributed by atoms with van der Waals surface area (Å²) in [7, 11) is 0. The van der Waals surface area contributed by atoms with Crippen LogP contribution in [0.15, 0.2) is 36.4 Å².